The highest BCUT2D eigenvalue weighted by Crippen LogP contribution is 2.26. The molecule has 3 heteroatoms. The summed E-state index contributed by atoms with van der Waals surface area (Å²) in [6, 6.07) is 7.56. The predicted octanol–water partition coefficient (Wildman–Crippen LogP) is 1.46. The molecule has 0 saturated heterocycles. The zero-order valence-corrected chi connectivity index (χ0v) is 7.06. The molecule has 68 valence electrons. The van der Waals surface area contributed by atoms with Crippen LogP contribution < -0.4 is 4.74 Å². The Morgan fingerprint density at radius 3 is 3.00 bits per heavy atom. The van der Waals surface area contributed by atoms with E-state index in [4.69, 9.17) is 9.84 Å². The molecule has 0 amide bonds. The molecule has 1 aromatic rings. The Kier molecular flexibility index (Phi) is 1.93. The van der Waals surface area contributed by atoms with Gasteiger partial charge in [0, 0.05) is 0 Å². The van der Waals surface area contributed by atoms with E-state index in [-0.39, 0.29) is 0 Å². The van der Waals surface area contributed by atoms with Crippen molar-refractivity contribution in [2.24, 2.45) is 0 Å². The minimum atomic E-state index is -0.880. The number of carboxylic acid groups (broad SMARTS) is 1. The van der Waals surface area contributed by atoms with E-state index in [0.717, 1.165) is 12.0 Å². The molecule has 0 unspecified atom stereocenters. The maximum atomic E-state index is 10.6. The normalized spacial score (nSPS) is 20.2. The fourth-order valence-corrected chi connectivity index (χ4v) is 1.50. The first-order valence-corrected chi connectivity index (χ1v) is 4.25. The van der Waals surface area contributed by atoms with Crippen LogP contribution in [-0.2, 0) is 11.2 Å². The van der Waals surface area contributed by atoms with Crippen molar-refractivity contribution in [1.29, 1.82) is 0 Å². The molecule has 0 bridgehead atoms. The van der Waals surface area contributed by atoms with Gasteiger partial charge < -0.3 is 9.84 Å². The molecule has 1 aliphatic rings. The lowest BCUT2D eigenvalue weighted by Crippen LogP contribution is -2.30. The van der Waals surface area contributed by atoms with Gasteiger partial charge in [0.2, 0.25) is 0 Å². The van der Waals surface area contributed by atoms with Crippen molar-refractivity contribution in [2.75, 3.05) is 0 Å². The van der Waals surface area contributed by atoms with Gasteiger partial charge in [-0.1, -0.05) is 18.2 Å². The van der Waals surface area contributed by atoms with Crippen molar-refractivity contribution >= 4 is 5.97 Å². The number of fused-ring (bicyclic) bond motifs is 1. The Morgan fingerprint density at radius 1 is 1.46 bits per heavy atom. The molecule has 0 saturated carbocycles. The quantitative estimate of drug-likeness (QED) is 0.708. The lowest BCUT2D eigenvalue weighted by atomic mass is 10.0. The van der Waals surface area contributed by atoms with Gasteiger partial charge in [0.1, 0.15) is 5.75 Å². The van der Waals surface area contributed by atoms with E-state index in [1.165, 1.54) is 0 Å². The first-order chi connectivity index (χ1) is 6.27. The SMILES string of the molecule is O=C(O)[C@H]1CCc2ccccc2O1. The fraction of sp³-hybridized carbons (Fsp3) is 0.300. The minimum Gasteiger partial charge on any atom is -0.479 e. The molecule has 0 fully saturated rings. The predicted molar refractivity (Wildman–Crippen MR) is 46.8 cm³/mol. The van der Waals surface area contributed by atoms with Crippen molar-refractivity contribution in [3.05, 3.63) is 29.8 Å². The average molecular weight is 178 g/mol. The second kappa shape index (κ2) is 3.09. The monoisotopic (exact) mass is 178 g/mol. The Morgan fingerprint density at radius 2 is 2.23 bits per heavy atom. The van der Waals surface area contributed by atoms with Gasteiger partial charge in [-0.15, -0.1) is 0 Å². The third-order valence-corrected chi connectivity index (χ3v) is 2.19. The number of benzene rings is 1. The van der Waals surface area contributed by atoms with E-state index in [0.29, 0.717) is 12.2 Å². The van der Waals surface area contributed by atoms with E-state index in [9.17, 15) is 4.79 Å². The second-order valence-electron chi connectivity index (χ2n) is 3.09. The van der Waals surface area contributed by atoms with Crippen LogP contribution in [0.25, 0.3) is 0 Å². The molecule has 1 aliphatic heterocycles. The van der Waals surface area contributed by atoms with E-state index in [2.05, 4.69) is 0 Å². The zero-order chi connectivity index (χ0) is 9.26. The number of hydrogen-bond donors (Lipinski definition) is 1. The highest BCUT2D eigenvalue weighted by molar-refractivity contribution is 5.73. The molecule has 1 aromatic carbocycles. The van der Waals surface area contributed by atoms with Crippen LogP contribution in [0.1, 0.15) is 12.0 Å². The third-order valence-electron chi connectivity index (χ3n) is 2.19. The van der Waals surface area contributed by atoms with Gasteiger partial charge in [-0.2, -0.15) is 0 Å². The van der Waals surface area contributed by atoms with Gasteiger partial charge in [-0.3, -0.25) is 0 Å². The molecule has 3 nitrogen and oxygen atoms in total. The molecule has 1 N–H and O–H groups in total. The summed E-state index contributed by atoms with van der Waals surface area (Å²) >= 11 is 0. The van der Waals surface area contributed by atoms with Crippen molar-refractivity contribution in [1.82, 2.24) is 0 Å². The number of hydrogen-bond acceptors (Lipinski definition) is 2. The molecular weight excluding hydrogens is 168 g/mol. The number of aryl methyl sites for hydroxylation is 1. The summed E-state index contributed by atoms with van der Waals surface area (Å²) in [4.78, 5) is 10.6. The summed E-state index contributed by atoms with van der Waals surface area (Å²) in [6.45, 7) is 0. The Hall–Kier alpha value is -1.51. The number of aliphatic carboxylic acids is 1. The molecule has 0 spiro atoms. The first-order valence-electron chi connectivity index (χ1n) is 4.25. The minimum absolute atomic E-state index is 0.562. The molecule has 0 aliphatic carbocycles. The van der Waals surface area contributed by atoms with Crippen LogP contribution in [-0.4, -0.2) is 17.2 Å². The summed E-state index contributed by atoms with van der Waals surface area (Å²) in [6.07, 6.45) is 0.675. The van der Waals surface area contributed by atoms with Gasteiger partial charge in [0.15, 0.2) is 6.10 Å². The van der Waals surface area contributed by atoms with Gasteiger partial charge in [0.25, 0.3) is 0 Å². The number of carbonyl (C=O) groups is 1. The van der Waals surface area contributed by atoms with Crippen LogP contribution in [0.5, 0.6) is 5.75 Å². The smallest absolute Gasteiger partial charge is 0.344 e. The van der Waals surface area contributed by atoms with Gasteiger partial charge in [-0.25, -0.2) is 4.79 Å². The van der Waals surface area contributed by atoms with Crippen molar-refractivity contribution in [3.63, 3.8) is 0 Å². The Labute approximate surface area is 76.0 Å². The molecule has 2 rings (SSSR count). The molecule has 0 aromatic heterocycles. The molecule has 1 heterocycles. The molecule has 1 atom stereocenters. The van der Waals surface area contributed by atoms with Crippen LogP contribution in [0.15, 0.2) is 24.3 Å². The van der Waals surface area contributed by atoms with Crippen LogP contribution in [0.4, 0.5) is 0 Å². The lowest BCUT2D eigenvalue weighted by Gasteiger charge is -2.22. The van der Waals surface area contributed by atoms with E-state index in [1.807, 2.05) is 24.3 Å². The van der Waals surface area contributed by atoms with Crippen LogP contribution in [0.2, 0.25) is 0 Å². The highest BCUT2D eigenvalue weighted by atomic mass is 16.5. The molecular formula is C10H10O3. The zero-order valence-electron chi connectivity index (χ0n) is 7.06. The highest BCUT2D eigenvalue weighted by Gasteiger charge is 2.24. The summed E-state index contributed by atoms with van der Waals surface area (Å²) < 4.78 is 5.29. The number of rotatable bonds is 1. The summed E-state index contributed by atoms with van der Waals surface area (Å²) in [5.74, 6) is -0.171. The van der Waals surface area contributed by atoms with Crippen LogP contribution in [0.3, 0.4) is 0 Å². The van der Waals surface area contributed by atoms with Crippen molar-refractivity contribution < 1.29 is 14.6 Å². The fourth-order valence-electron chi connectivity index (χ4n) is 1.50. The topological polar surface area (TPSA) is 46.5 Å². The molecule has 13 heavy (non-hydrogen) atoms. The number of para-hydroxylation sites is 1. The van der Waals surface area contributed by atoms with Crippen LogP contribution in [0, 0.1) is 0 Å². The number of carboxylic acids is 1. The standard InChI is InChI=1S/C10H10O3/c11-10(12)9-6-5-7-3-1-2-4-8(7)13-9/h1-4,9H,5-6H2,(H,11,12)/t9-/m1/s1. The maximum Gasteiger partial charge on any atom is 0.344 e. The average Bonchev–Trinajstić information content (AvgIpc) is 2.17. The second-order valence-corrected chi connectivity index (χ2v) is 3.09. The van der Waals surface area contributed by atoms with E-state index in [1.54, 1.807) is 0 Å². The van der Waals surface area contributed by atoms with Crippen LogP contribution >= 0.6 is 0 Å². The third kappa shape index (κ3) is 1.49. The van der Waals surface area contributed by atoms with Gasteiger partial charge >= 0.3 is 5.97 Å². The maximum absolute atomic E-state index is 10.6. The summed E-state index contributed by atoms with van der Waals surface area (Å²) in [5, 5.41) is 8.74. The number of ether oxygens (including phenoxy) is 1. The van der Waals surface area contributed by atoms with E-state index < -0.39 is 12.1 Å². The Bertz CT molecular complexity index is 333. The first kappa shape index (κ1) is 8.10. The van der Waals surface area contributed by atoms with Gasteiger partial charge in [0.05, 0.1) is 0 Å². The molecule has 0 radical (unpaired) electrons. The largest absolute Gasteiger partial charge is 0.479 e. The van der Waals surface area contributed by atoms with E-state index >= 15 is 0 Å². The van der Waals surface area contributed by atoms with Crippen molar-refractivity contribution in [2.45, 2.75) is 18.9 Å². The van der Waals surface area contributed by atoms with Crippen molar-refractivity contribution in [3.8, 4) is 5.75 Å². The van der Waals surface area contributed by atoms with Gasteiger partial charge in [-0.05, 0) is 24.5 Å². The lowest BCUT2D eigenvalue weighted by molar-refractivity contribution is -0.145. The summed E-state index contributed by atoms with van der Waals surface area (Å²) in [7, 11) is 0. The Balaban J connectivity index is 2.24. The summed E-state index contributed by atoms with van der Waals surface area (Å²) in [5.41, 5.74) is 1.10.